The van der Waals surface area contributed by atoms with Crippen LogP contribution < -0.4 is 10.6 Å². The van der Waals surface area contributed by atoms with E-state index in [0.717, 1.165) is 29.3 Å². The largest absolute Gasteiger partial charge is 0.394 e. The minimum atomic E-state index is -0.0182. The van der Waals surface area contributed by atoms with Gasteiger partial charge < -0.3 is 15.7 Å². The van der Waals surface area contributed by atoms with Gasteiger partial charge in [0, 0.05) is 18.2 Å². The maximum Gasteiger partial charge on any atom is 0.163 e. The van der Waals surface area contributed by atoms with Crippen LogP contribution in [-0.4, -0.2) is 32.4 Å². The molecular formula is C21H29N5O. The van der Waals surface area contributed by atoms with Crippen LogP contribution in [-0.2, 0) is 6.54 Å². The fraction of sp³-hybridized carbons (Fsp3) is 0.429. The third kappa shape index (κ3) is 4.39. The Morgan fingerprint density at radius 3 is 2.56 bits per heavy atom. The zero-order valence-corrected chi connectivity index (χ0v) is 16.5. The number of nitrogens with one attached hydrogen (secondary N) is 2. The zero-order chi connectivity index (χ0) is 19.4. The Labute approximate surface area is 160 Å². The molecule has 0 amide bonds. The van der Waals surface area contributed by atoms with Gasteiger partial charge in [-0.25, -0.2) is 4.98 Å². The number of aliphatic hydroxyl groups is 1. The molecule has 0 spiro atoms. The molecule has 144 valence electrons. The van der Waals surface area contributed by atoms with Gasteiger partial charge >= 0.3 is 0 Å². The lowest BCUT2D eigenvalue weighted by Gasteiger charge is -2.17. The number of rotatable bonds is 8. The maximum atomic E-state index is 9.52. The summed E-state index contributed by atoms with van der Waals surface area (Å²) in [6.07, 6.45) is 2.71. The average molecular weight is 367 g/mol. The fourth-order valence-corrected chi connectivity index (χ4v) is 2.97. The van der Waals surface area contributed by atoms with Gasteiger partial charge in [0.15, 0.2) is 5.65 Å². The lowest BCUT2D eigenvalue weighted by Crippen LogP contribution is -2.23. The van der Waals surface area contributed by atoms with Gasteiger partial charge in [0.1, 0.15) is 11.6 Å². The molecule has 2 heterocycles. The summed E-state index contributed by atoms with van der Waals surface area (Å²) in [6, 6.07) is 10.4. The van der Waals surface area contributed by atoms with Crippen LogP contribution >= 0.6 is 0 Å². The summed E-state index contributed by atoms with van der Waals surface area (Å²) in [5.74, 6) is 1.95. The van der Waals surface area contributed by atoms with Gasteiger partial charge in [-0.3, -0.25) is 0 Å². The molecule has 6 heteroatoms. The van der Waals surface area contributed by atoms with Crippen LogP contribution in [0.15, 0.2) is 36.5 Å². The van der Waals surface area contributed by atoms with E-state index in [9.17, 15) is 5.11 Å². The average Bonchev–Trinajstić information content (AvgIpc) is 3.09. The van der Waals surface area contributed by atoms with Gasteiger partial charge in [-0.15, -0.1) is 0 Å². The Kier molecular flexibility index (Phi) is 5.96. The smallest absolute Gasteiger partial charge is 0.163 e. The highest BCUT2D eigenvalue weighted by Gasteiger charge is 2.15. The summed E-state index contributed by atoms with van der Waals surface area (Å²) in [6.45, 7) is 9.19. The van der Waals surface area contributed by atoms with E-state index in [4.69, 9.17) is 4.98 Å². The fourth-order valence-electron chi connectivity index (χ4n) is 2.97. The van der Waals surface area contributed by atoms with Crippen LogP contribution in [0.25, 0.3) is 5.65 Å². The molecule has 0 aliphatic heterocycles. The Morgan fingerprint density at radius 2 is 1.93 bits per heavy atom. The monoisotopic (exact) mass is 367 g/mol. The first-order valence-electron chi connectivity index (χ1n) is 9.57. The third-order valence-electron chi connectivity index (χ3n) is 4.78. The summed E-state index contributed by atoms with van der Waals surface area (Å²) in [5.41, 5.74) is 4.40. The molecule has 0 saturated heterocycles. The van der Waals surface area contributed by atoms with Crippen LogP contribution in [0.5, 0.6) is 0 Å². The molecule has 27 heavy (non-hydrogen) atoms. The molecule has 0 fully saturated rings. The van der Waals surface area contributed by atoms with Gasteiger partial charge in [-0.05, 0) is 24.8 Å². The molecule has 1 atom stereocenters. The summed E-state index contributed by atoms with van der Waals surface area (Å²) < 4.78 is 1.86. The molecule has 1 aromatic carbocycles. The standard InChI is InChI=1S/C21H29N5O/c1-5-17(13-27)24-19-10-20(22-11-16-8-6-15(4)7-9-16)26-21(25-19)18(12-23-26)14(2)3/h6-10,12,14,17,22,27H,5,11,13H2,1-4H3,(H,24,25)/t17-/m0/s1. The number of aromatic nitrogens is 3. The second-order valence-corrected chi connectivity index (χ2v) is 7.29. The number of anilines is 2. The number of hydrogen-bond acceptors (Lipinski definition) is 5. The van der Waals surface area contributed by atoms with Gasteiger partial charge in [0.25, 0.3) is 0 Å². The van der Waals surface area contributed by atoms with E-state index in [1.54, 1.807) is 0 Å². The van der Waals surface area contributed by atoms with Gasteiger partial charge in [-0.1, -0.05) is 50.6 Å². The second-order valence-electron chi connectivity index (χ2n) is 7.29. The molecule has 0 bridgehead atoms. The summed E-state index contributed by atoms with van der Waals surface area (Å²) in [7, 11) is 0. The molecule has 6 nitrogen and oxygen atoms in total. The van der Waals surface area contributed by atoms with E-state index < -0.39 is 0 Å². The Hall–Kier alpha value is -2.60. The van der Waals surface area contributed by atoms with Gasteiger partial charge in [-0.2, -0.15) is 9.61 Å². The van der Waals surface area contributed by atoms with Crippen LogP contribution in [0, 0.1) is 6.92 Å². The van der Waals surface area contributed by atoms with Crippen molar-refractivity contribution < 1.29 is 5.11 Å². The molecule has 0 saturated carbocycles. The van der Waals surface area contributed by atoms with Crippen molar-refractivity contribution in [1.82, 2.24) is 14.6 Å². The van der Waals surface area contributed by atoms with Gasteiger partial charge in [0.2, 0.25) is 0 Å². The van der Waals surface area contributed by atoms with Crippen molar-refractivity contribution in [2.75, 3.05) is 17.2 Å². The summed E-state index contributed by atoms with van der Waals surface area (Å²) in [5, 5.41) is 20.9. The summed E-state index contributed by atoms with van der Waals surface area (Å²) in [4.78, 5) is 4.76. The highest BCUT2D eigenvalue weighted by molar-refractivity contribution is 5.61. The molecule has 3 aromatic rings. The summed E-state index contributed by atoms with van der Waals surface area (Å²) >= 11 is 0. The Bertz CT molecular complexity index is 881. The Balaban J connectivity index is 1.94. The first-order chi connectivity index (χ1) is 13.0. The first kappa shape index (κ1) is 19.2. The van der Waals surface area contributed by atoms with Crippen molar-refractivity contribution in [3.8, 4) is 0 Å². The van der Waals surface area contributed by atoms with Crippen molar-refractivity contribution in [2.45, 2.75) is 52.6 Å². The maximum absolute atomic E-state index is 9.52. The zero-order valence-electron chi connectivity index (χ0n) is 16.5. The van der Waals surface area contributed by atoms with E-state index >= 15 is 0 Å². The van der Waals surface area contributed by atoms with Crippen LogP contribution in [0.4, 0.5) is 11.6 Å². The number of aliphatic hydroxyl groups excluding tert-OH is 1. The first-order valence-corrected chi connectivity index (χ1v) is 9.57. The molecule has 3 rings (SSSR count). The number of fused-ring (bicyclic) bond motifs is 1. The van der Waals surface area contributed by atoms with Crippen molar-refractivity contribution in [3.05, 3.63) is 53.2 Å². The number of hydrogen-bond donors (Lipinski definition) is 3. The predicted octanol–water partition coefficient (Wildman–Crippen LogP) is 3.96. The predicted molar refractivity (Wildman–Crippen MR) is 110 cm³/mol. The van der Waals surface area contributed by atoms with E-state index in [0.29, 0.717) is 12.5 Å². The highest BCUT2D eigenvalue weighted by atomic mass is 16.3. The molecular weight excluding hydrogens is 338 g/mol. The molecule has 0 aliphatic rings. The minimum absolute atomic E-state index is 0.0182. The number of aryl methyl sites for hydroxylation is 1. The number of nitrogens with zero attached hydrogens (tertiary/aromatic N) is 3. The van der Waals surface area contributed by atoms with Crippen molar-refractivity contribution in [2.24, 2.45) is 0 Å². The second kappa shape index (κ2) is 8.39. The van der Waals surface area contributed by atoms with E-state index in [2.05, 4.69) is 60.8 Å². The molecule has 0 unspecified atom stereocenters. The van der Waals surface area contributed by atoms with E-state index in [-0.39, 0.29) is 12.6 Å². The topological polar surface area (TPSA) is 74.5 Å². The number of benzene rings is 1. The van der Waals surface area contributed by atoms with Crippen molar-refractivity contribution in [1.29, 1.82) is 0 Å². The molecule has 3 N–H and O–H groups in total. The van der Waals surface area contributed by atoms with E-state index in [1.807, 2.05) is 23.7 Å². The van der Waals surface area contributed by atoms with Crippen LogP contribution in [0.2, 0.25) is 0 Å². The van der Waals surface area contributed by atoms with E-state index in [1.165, 1.54) is 11.1 Å². The Morgan fingerprint density at radius 1 is 1.19 bits per heavy atom. The SMILES string of the molecule is CC[C@@H](CO)Nc1cc(NCc2ccc(C)cc2)n2ncc(C(C)C)c2n1. The molecule has 2 aromatic heterocycles. The van der Waals surface area contributed by atoms with Crippen LogP contribution in [0.1, 0.15) is 49.8 Å². The van der Waals surface area contributed by atoms with Gasteiger partial charge in [0.05, 0.1) is 18.8 Å². The molecule has 0 radical (unpaired) electrons. The highest BCUT2D eigenvalue weighted by Crippen LogP contribution is 2.24. The normalized spacial score (nSPS) is 12.5. The van der Waals surface area contributed by atoms with Crippen LogP contribution in [0.3, 0.4) is 0 Å². The molecule has 0 aliphatic carbocycles. The lowest BCUT2D eigenvalue weighted by molar-refractivity contribution is 0.271. The quantitative estimate of drug-likeness (QED) is 0.562. The third-order valence-corrected chi connectivity index (χ3v) is 4.78. The van der Waals surface area contributed by atoms with Crippen molar-refractivity contribution >= 4 is 17.3 Å². The lowest BCUT2D eigenvalue weighted by atomic mass is 10.1. The van der Waals surface area contributed by atoms with Crippen molar-refractivity contribution in [3.63, 3.8) is 0 Å². The minimum Gasteiger partial charge on any atom is -0.394 e.